The fraction of sp³-hybridized carbons (Fsp3) is 0.462. The van der Waals surface area contributed by atoms with Gasteiger partial charge in [0, 0.05) is 4.47 Å². The van der Waals surface area contributed by atoms with Crippen LogP contribution in [0, 0.1) is 5.92 Å². The zero-order chi connectivity index (χ0) is 12.8. The zero-order valence-electron chi connectivity index (χ0n) is 10.2. The molecule has 0 radical (unpaired) electrons. The first-order valence-electron chi connectivity index (χ1n) is 5.71. The second-order valence-corrected chi connectivity index (χ2v) is 5.06. The fourth-order valence-electron chi connectivity index (χ4n) is 1.32. The number of nitrogens with two attached hydrogens (primary N) is 1. The maximum Gasteiger partial charge on any atom is 0.323 e. The number of carbonyl (C=O) groups excluding carboxylic acids is 1. The van der Waals surface area contributed by atoms with Crippen molar-refractivity contribution >= 4 is 21.9 Å². The van der Waals surface area contributed by atoms with Gasteiger partial charge in [0.1, 0.15) is 12.6 Å². The molecule has 4 heteroatoms. The second kappa shape index (κ2) is 6.77. The standard InChI is InChI=1S/C13H18BrNO2/c1-3-9(2)12(15)13(16)17-8-10-4-6-11(14)7-5-10/h4-7,9,12H,3,8,15H2,1-2H3/t9-,12-/m0/s1. The third-order valence-electron chi connectivity index (χ3n) is 2.82. The van der Waals surface area contributed by atoms with Crippen molar-refractivity contribution in [2.45, 2.75) is 32.9 Å². The van der Waals surface area contributed by atoms with Crippen LogP contribution in [0.15, 0.2) is 28.7 Å². The highest BCUT2D eigenvalue weighted by atomic mass is 79.9. The van der Waals surface area contributed by atoms with E-state index in [9.17, 15) is 4.79 Å². The van der Waals surface area contributed by atoms with Crippen LogP contribution in [0.4, 0.5) is 0 Å². The first kappa shape index (κ1) is 14.2. The van der Waals surface area contributed by atoms with Crippen LogP contribution in [0.2, 0.25) is 0 Å². The van der Waals surface area contributed by atoms with Gasteiger partial charge in [-0.15, -0.1) is 0 Å². The molecule has 0 bridgehead atoms. The third-order valence-corrected chi connectivity index (χ3v) is 3.35. The summed E-state index contributed by atoms with van der Waals surface area (Å²) in [7, 11) is 0. The number of halogens is 1. The van der Waals surface area contributed by atoms with E-state index in [1.165, 1.54) is 0 Å². The molecule has 2 N–H and O–H groups in total. The molecule has 3 nitrogen and oxygen atoms in total. The van der Waals surface area contributed by atoms with E-state index in [0.29, 0.717) is 0 Å². The predicted octanol–water partition coefficient (Wildman–Crippen LogP) is 2.87. The molecule has 0 unspecified atom stereocenters. The molecule has 0 spiro atoms. The van der Waals surface area contributed by atoms with E-state index in [1.54, 1.807) is 0 Å². The predicted molar refractivity (Wildman–Crippen MR) is 71.4 cm³/mol. The Morgan fingerprint density at radius 1 is 1.41 bits per heavy atom. The lowest BCUT2D eigenvalue weighted by Crippen LogP contribution is -2.37. The number of hydrogen-bond donors (Lipinski definition) is 1. The van der Waals surface area contributed by atoms with Crippen LogP contribution < -0.4 is 5.73 Å². The number of hydrogen-bond acceptors (Lipinski definition) is 3. The Morgan fingerprint density at radius 2 is 2.00 bits per heavy atom. The summed E-state index contributed by atoms with van der Waals surface area (Å²) in [6.45, 7) is 4.23. The van der Waals surface area contributed by atoms with Gasteiger partial charge in [0.25, 0.3) is 0 Å². The molecule has 0 aromatic heterocycles. The van der Waals surface area contributed by atoms with Gasteiger partial charge in [-0.2, -0.15) is 0 Å². The zero-order valence-corrected chi connectivity index (χ0v) is 11.7. The van der Waals surface area contributed by atoms with E-state index in [0.717, 1.165) is 16.5 Å². The molecular weight excluding hydrogens is 282 g/mol. The molecular formula is C13H18BrNO2. The van der Waals surface area contributed by atoms with Crippen LogP contribution in [0.25, 0.3) is 0 Å². The van der Waals surface area contributed by atoms with Crippen molar-refractivity contribution in [2.75, 3.05) is 0 Å². The van der Waals surface area contributed by atoms with Crippen LogP contribution in [-0.4, -0.2) is 12.0 Å². The number of ether oxygens (including phenoxy) is 1. The Balaban J connectivity index is 2.45. The molecule has 2 atom stereocenters. The highest BCUT2D eigenvalue weighted by molar-refractivity contribution is 9.10. The lowest BCUT2D eigenvalue weighted by molar-refractivity contribution is -0.147. The maximum atomic E-state index is 11.6. The Kier molecular flexibility index (Phi) is 5.65. The van der Waals surface area contributed by atoms with Gasteiger partial charge in [0.2, 0.25) is 0 Å². The minimum absolute atomic E-state index is 0.146. The molecule has 1 aromatic carbocycles. The van der Waals surface area contributed by atoms with Crippen molar-refractivity contribution in [1.29, 1.82) is 0 Å². The summed E-state index contributed by atoms with van der Waals surface area (Å²) < 4.78 is 6.18. The van der Waals surface area contributed by atoms with Gasteiger partial charge in [-0.05, 0) is 23.6 Å². The van der Waals surface area contributed by atoms with Crippen molar-refractivity contribution in [3.63, 3.8) is 0 Å². The van der Waals surface area contributed by atoms with E-state index in [-0.39, 0.29) is 18.5 Å². The van der Waals surface area contributed by atoms with Crippen LogP contribution in [0.1, 0.15) is 25.8 Å². The first-order valence-corrected chi connectivity index (χ1v) is 6.50. The van der Waals surface area contributed by atoms with E-state index >= 15 is 0 Å². The van der Waals surface area contributed by atoms with Gasteiger partial charge in [0.15, 0.2) is 0 Å². The van der Waals surface area contributed by atoms with E-state index in [2.05, 4.69) is 15.9 Å². The Morgan fingerprint density at radius 3 is 2.53 bits per heavy atom. The van der Waals surface area contributed by atoms with Crippen molar-refractivity contribution in [1.82, 2.24) is 0 Å². The van der Waals surface area contributed by atoms with Gasteiger partial charge in [-0.25, -0.2) is 0 Å². The molecule has 0 aliphatic heterocycles. The second-order valence-electron chi connectivity index (χ2n) is 4.15. The number of esters is 1. The van der Waals surface area contributed by atoms with Gasteiger partial charge in [-0.3, -0.25) is 4.79 Å². The quantitative estimate of drug-likeness (QED) is 0.851. The summed E-state index contributed by atoms with van der Waals surface area (Å²) in [5.74, 6) is -0.185. The normalized spacial score (nSPS) is 14.1. The highest BCUT2D eigenvalue weighted by Crippen LogP contribution is 2.12. The van der Waals surface area contributed by atoms with Crippen LogP contribution in [0.5, 0.6) is 0 Å². The van der Waals surface area contributed by atoms with Crippen molar-refractivity contribution in [3.05, 3.63) is 34.3 Å². The largest absolute Gasteiger partial charge is 0.460 e. The van der Waals surface area contributed by atoms with E-state index in [1.807, 2.05) is 38.1 Å². The van der Waals surface area contributed by atoms with E-state index in [4.69, 9.17) is 10.5 Å². The first-order chi connectivity index (χ1) is 8.04. The molecule has 94 valence electrons. The summed E-state index contributed by atoms with van der Waals surface area (Å²) in [4.78, 5) is 11.6. The minimum Gasteiger partial charge on any atom is -0.460 e. The number of carbonyl (C=O) groups is 1. The summed E-state index contributed by atoms with van der Waals surface area (Å²) in [6.07, 6.45) is 0.870. The Bertz CT molecular complexity index is 364. The Labute approximate surface area is 110 Å². The van der Waals surface area contributed by atoms with Crippen LogP contribution in [-0.2, 0) is 16.1 Å². The molecule has 0 aliphatic carbocycles. The molecule has 17 heavy (non-hydrogen) atoms. The average Bonchev–Trinajstić information content (AvgIpc) is 2.35. The lowest BCUT2D eigenvalue weighted by atomic mass is 10.0. The van der Waals surface area contributed by atoms with Crippen LogP contribution >= 0.6 is 15.9 Å². The molecule has 0 heterocycles. The fourth-order valence-corrected chi connectivity index (χ4v) is 1.58. The van der Waals surface area contributed by atoms with Crippen molar-refractivity contribution in [2.24, 2.45) is 11.7 Å². The third kappa shape index (κ3) is 4.48. The monoisotopic (exact) mass is 299 g/mol. The molecule has 0 aliphatic rings. The van der Waals surface area contributed by atoms with Gasteiger partial charge < -0.3 is 10.5 Å². The highest BCUT2D eigenvalue weighted by Gasteiger charge is 2.20. The lowest BCUT2D eigenvalue weighted by Gasteiger charge is -2.16. The summed E-state index contributed by atoms with van der Waals surface area (Å²) in [5, 5.41) is 0. The minimum atomic E-state index is -0.532. The summed E-state index contributed by atoms with van der Waals surface area (Å²) in [5.41, 5.74) is 6.73. The SMILES string of the molecule is CC[C@H](C)[C@H](N)C(=O)OCc1ccc(Br)cc1. The summed E-state index contributed by atoms with van der Waals surface area (Å²) in [6, 6.07) is 7.11. The van der Waals surface area contributed by atoms with Gasteiger partial charge in [-0.1, -0.05) is 48.3 Å². The van der Waals surface area contributed by atoms with Crippen molar-refractivity contribution < 1.29 is 9.53 Å². The Hall–Kier alpha value is -0.870. The maximum absolute atomic E-state index is 11.6. The molecule has 0 fully saturated rings. The molecule has 0 amide bonds. The number of benzene rings is 1. The van der Waals surface area contributed by atoms with E-state index < -0.39 is 6.04 Å². The topological polar surface area (TPSA) is 52.3 Å². The number of rotatable bonds is 5. The molecule has 0 saturated carbocycles. The molecule has 0 saturated heterocycles. The molecule has 1 aromatic rings. The average molecular weight is 300 g/mol. The van der Waals surface area contributed by atoms with Gasteiger partial charge >= 0.3 is 5.97 Å². The molecule has 1 rings (SSSR count). The van der Waals surface area contributed by atoms with Crippen LogP contribution in [0.3, 0.4) is 0 Å². The van der Waals surface area contributed by atoms with Crippen molar-refractivity contribution in [3.8, 4) is 0 Å². The summed E-state index contributed by atoms with van der Waals surface area (Å²) >= 11 is 3.35. The smallest absolute Gasteiger partial charge is 0.323 e. The van der Waals surface area contributed by atoms with Gasteiger partial charge in [0.05, 0.1) is 0 Å².